The summed E-state index contributed by atoms with van der Waals surface area (Å²) in [4.78, 5) is 0.0280. The highest BCUT2D eigenvalue weighted by Gasteiger charge is 2.31. The molecule has 3 aromatic rings. The molecule has 0 fully saturated rings. The number of nitrogens with zero attached hydrogens (tertiary/aromatic N) is 3. The maximum atomic E-state index is 13.6. The molecule has 29 heavy (non-hydrogen) atoms. The van der Waals surface area contributed by atoms with E-state index in [1.807, 2.05) is 11.7 Å². The van der Waals surface area contributed by atoms with Gasteiger partial charge in [0.2, 0.25) is 10.0 Å². The Morgan fingerprint density at radius 1 is 1.21 bits per heavy atom. The second-order valence-corrected chi connectivity index (χ2v) is 9.95. The molecule has 0 unspecified atom stereocenters. The Morgan fingerprint density at radius 3 is 2.72 bits per heavy atom. The predicted octanol–water partition coefficient (Wildman–Crippen LogP) is 4.51. The number of fused-ring (bicyclic) bond motifs is 1. The summed E-state index contributed by atoms with van der Waals surface area (Å²) in [5.74, 6) is 0.544. The molecule has 0 saturated heterocycles. The summed E-state index contributed by atoms with van der Waals surface area (Å²) in [5, 5.41) is 5.11. The van der Waals surface area contributed by atoms with Gasteiger partial charge in [0.1, 0.15) is 10.7 Å². The lowest BCUT2D eigenvalue weighted by molar-refractivity contribution is 0.353. The van der Waals surface area contributed by atoms with Gasteiger partial charge in [-0.15, -0.1) is 0 Å². The number of furan rings is 1. The van der Waals surface area contributed by atoms with E-state index in [1.165, 1.54) is 28.4 Å². The first-order valence-corrected chi connectivity index (χ1v) is 11.5. The van der Waals surface area contributed by atoms with Gasteiger partial charge < -0.3 is 4.42 Å². The molecule has 2 heterocycles. The Kier molecular flexibility index (Phi) is 5.50. The van der Waals surface area contributed by atoms with E-state index in [1.54, 1.807) is 19.1 Å². The zero-order valence-electron chi connectivity index (χ0n) is 16.2. The molecule has 0 saturated carbocycles. The van der Waals surface area contributed by atoms with Crippen LogP contribution in [0.1, 0.15) is 34.7 Å². The summed E-state index contributed by atoms with van der Waals surface area (Å²) in [5.41, 5.74) is 3.74. The van der Waals surface area contributed by atoms with Gasteiger partial charge in [0, 0.05) is 17.8 Å². The molecule has 0 aliphatic heterocycles. The molecule has 0 radical (unpaired) electrons. The lowest BCUT2D eigenvalue weighted by atomic mass is 10.2. The molecule has 4 rings (SSSR count). The minimum Gasteiger partial charge on any atom is -0.468 e. The maximum Gasteiger partial charge on any atom is 0.245 e. The zero-order chi connectivity index (χ0) is 20.8. The summed E-state index contributed by atoms with van der Waals surface area (Å²) in [6, 6.07) is 6.46. The molecule has 0 spiro atoms. The van der Waals surface area contributed by atoms with Crippen LogP contribution in [-0.4, -0.2) is 22.5 Å². The van der Waals surface area contributed by atoms with Gasteiger partial charge in [-0.05, 0) is 61.6 Å². The van der Waals surface area contributed by atoms with Crippen molar-refractivity contribution in [3.05, 3.63) is 68.8 Å². The lowest BCUT2D eigenvalue weighted by Gasteiger charge is -2.22. The minimum atomic E-state index is -3.92. The third kappa shape index (κ3) is 3.84. The van der Waals surface area contributed by atoms with Gasteiger partial charge in [-0.1, -0.05) is 23.2 Å². The van der Waals surface area contributed by atoms with Crippen LogP contribution in [0.2, 0.25) is 10.0 Å². The third-order valence-corrected chi connectivity index (χ3v) is 7.93. The first-order chi connectivity index (χ1) is 13.8. The molecule has 2 aromatic heterocycles. The van der Waals surface area contributed by atoms with Gasteiger partial charge in [-0.25, -0.2) is 8.42 Å². The molecule has 0 amide bonds. The molecule has 1 aliphatic rings. The number of hydrogen-bond acceptors (Lipinski definition) is 4. The number of rotatable bonds is 6. The van der Waals surface area contributed by atoms with Crippen molar-refractivity contribution in [1.29, 1.82) is 0 Å². The Balaban J connectivity index is 1.76. The van der Waals surface area contributed by atoms with E-state index in [0.29, 0.717) is 16.3 Å². The van der Waals surface area contributed by atoms with E-state index in [4.69, 9.17) is 27.6 Å². The molecular weight excluding hydrogens is 433 g/mol. The van der Waals surface area contributed by atoms with Crippen LogP contribution in [0.25, 0.3) is 0 Å². The number of halogens is 2. The zero-order valence-corrected chi connectivity index (χ0v) is 18.5. The Bertz CT molecular complexity index is 1150. The van der Waals surface area contributed by atoms with Crippen molar-refractivity contribution < 1.29 is 12.8 Å². The van der Waals surface area contributed by atoms with Crippen LogP contribution in [0.15, 0.2) is 39.8 Å². The quantitative estimate of drug-likeness (QED) is 0.550. The van der Waals surface area contributed by atoms with Gasteiger partial charge >= 0.3 is 0 Å². The number of sulfonamides is 1. The van der Waals surface area contributed by atoms with Crippen molar-refractivity contribution in [2.24, 2.45) is 7.05 Å². The maximum absolute atomic E-state index is 13.6. The van der Waals surface area contributed by atoms with Crippen molar-refractivity contribution in [3.8, 4) is 0 Å². The molecule has 0 N–H and O–H groups in total. The van der Waals surface area contributed by atoms with Gasteiger partial charge in [0.25, 0.3) is 0 Å². The van der Waals surface area contributed by atoms with Crippen molar-refractivity contribution >= 4 is 33.2 Å². The molecule has 0 bridgehead atoms. The SMILES string of the molecule is Cc1cc(S(=O)(=O)N(Cc2ccco2)Cc2nn(C)c3c2CCC3)c(Cl)cc1Cl. The highest BCUT2D eigenvalue weighted by molar-refractivity contribution is 7.89. The first-order valence-electron chi connectivity index (χ1n) is 9.29. The highest BCUT2D eigenvalue weighted by Crippen LogP contribution is 2.33. The van der Waals surface area contributed by atoms with E-state index in [-0.39, 0.29) is 23.0 Å². The summed E-state index contributed by atoms with van der Waals surface area (Å²) in [6.45, 7) is 1.98. The van der Waals surface area contributed by atoms with E-state index < -0.39 is 10.0 Å². The van der Waals surface area contributed by atoms with Crippen molar-refractivity contribution in [3.63, 3.8) is 0 Å². The Morgan fingerprint density at radius 2 is 2.00 bits per heavy atom. The fourth-order valence-electron chi connectivity index (χ4n) is 3.76. The van der Waals surface area contributed by atoms with Crippen LogP contribution in [0.3, 0.4) is 0 Å². The van der Waals surface area contributed by atoms with Crippen molar-refractivity contribution in [1.82, 2.24) is 14.1 Å². The van der Waals surface area contributed by atoms with E-state index >= 15 is 0 Å². The van der Waals surface area contributed by atoms with Gasteiger partial charge in [0.15, 0.2) is 0 Å². The summed E-state index contributed by atoms with van der Waals surface area (Å²) < 4.78 is 35.8. The third-order valence-electron chi connectivity index (χ3n) is 5.27. The van der Waals surface area contributed by atoms with Gasteiger partial charge in [0.05, 0.1) is 30.1 Å². The van der Waals surface area contributed by atoms with Crippen LogP contribution >= 0.6 is 23.2 Å². The van der Waals surface area contributed by atoms with Crippen LogP contribution in [0.4, 0.5) is 0 Å². The fraction of sp³-hybridized carbons (Fsp3) is 0.350. The average Bonchev–Trinajstić information content (AvgIpc) is 3.38. The second-order valence-electron chi connectivity index (χ2n) is 7.23. The van der Waals surface area contributed by atoms with Crippen LogP contribution < -0.4 is 0 Å². The minimum absolute atomic E-state index is 0.0280. The average molecular weight is 454 g/mol. The van der Waals surface area contributed by atoms with Crippen molar-refractivity contribution in [2.45, 2.75) is 44.2 Å². The van der Waals surface area contributed by atoms with Crippen molar-refractivity contribution in [2.75, 3.05) is 0 Å². The van der Waals surface area contributed by atoms with E-state index in [9.17, 15) is 8.42 Å². The standard InChI is InChI=1S/C20H21Cl2N3O3S/c1-13-9-20(17(22)10-16(13)21)29(26,27)25(11-14-5-4-8-28-14)12-18-15-6-3-7-19(15)24(2)23-18/h4-5,8-10H,3,6-7,11-12H2,1-2H3. The van der Waals surface area contributed by atoms with Gasteiger partial charge in [-0.2, -0.15) is 9.40 Å². The normalized spacial score (nSPS) is 14.0. The fourth-order valence-corrected chi connectivity index (χ4v) is 5.94. The smallest absolute Gasteiger partial charge is 0.245 e. The lowest BCUT2D eigenvalue weighted by Crippen LogP contribution is -2.31. The summed E-state index contributed by atoms with van der Waals surface area (Å²) in [7, 11) is -2.02. The first kappa shape index (κ1) is 20.5. The highest BCUT2D eigenvalue weighted by atomic mass is 35.5. The summed E-state index contributed by atoms with van der Waals surface area (Å²) in [6.07, 6.45) is 4.46. The van der Waals surface area contributed by atoms with Gasteiger partial charge in [-0.3, -0.25) is 4.68 Å². The van der Waals surface area contributed by atoms with E-state index in [0.717, 1.165) is 30.5 Å². The Labute approximate surface area is 180 Å². The molecule has 1 aliphatic carbocycles. The molecule has 1 aromatic carbocycles. The monoisotopic (exact) mass is 453 g/mol. The molecule has 154 valence electrons. The van der Waals surface area contributed by atoms with E-state index in [2.05, 4.69) is 5.10 Å². The number of aromatic nitrogens is 2. The second kappa shape index (κ2) is 7.80. The predicted molar refractivity (Wildman–Crippen MR) is 112 cm³/mol. The van der Waals surface area contributed by atoms with Crippen LogP contribution in [0.5, 0.6) is 0 Å². The van der Waals surface area contributed by atoms with Crippen LogP contribution in [0, 0.1) is 6.92 Å². The molecule has 9 heteroatoms. The molecular formula is C20H21Cl2N3O3S. The number of hydrogen-bond donors (Lipinski definition) is 0. The molecule has 6 nitrogen and oxygen atoms in total. The number of aryl methyl sites for hydroxylation is 2. The number of benzene rings is 1. The topological polar surface area (TPSA) is 68.3 Å². The van der Waals surface area contributed by atoms with Crippen LogP contribution in [-0.2, 0) is 43.0 Å². The Hall–Kier alpha value is -1.80. The largest absolute Gasteiger partial charge is 0.468 e. The molecule has 0 atom stereocenters. The summed E-state index contributed by atoms with van der Waals surface area (Å²) >= 11 is 12.4.